The maximum atomic E-state index is 14.9. The molecule has 0 atom stereocenters. The van der Waals surface area contributed by atoms with E-state index in [2.05, 4.69) is 15.4 Å². The van der Waals surface area contributed by atoms with E-state index < -0.39 is 29.0 Å². The van der Waals surface area contributed by atoms with Crippen LogP contribution in [-0.4, -0.2) is 26.6 Å². The second-order valence-corrected chi connectivity index (χ2v) is 8.69. The number of carbonyl (C=O) groups is 2. The summed E-state index contributed by atoms with van der Waals surface area (Å²) in [6.45, 7) is 0. The van der Waals surface area contributed by atoms with Gasteiger partial charge < -0.3 is 15.8 Å². The van der Waals surface area contributed by atoms with E-state index in [0.29, 0.717) is 10.2 Å². The monoisotopic (exact) mass is 519 g/mol. The van der Waals surface area contributed by atoms with Gasteiger partial charge in [0.25, 0.3) is 17.4 Å². The van der Waals surface area contributed by atoms with Crippen molar-refractivity contribution in [3.63, 3.8) is 0 Å². The van der Waals surface area contributed by atoms with E-state index in [1.807, 2.05) is 0 Å². The topological polar surface area (TPSA) is 129 Å². The molecule has 184 valence electrons. The number of rotatable bonds is 6. The fourth-order valence-electron chi connectivity index (χ4n) is 3.45. The van der Waals surface area contributed by atoms with E-state index in [4.69, 9.17) is 10.5 Å². The molecule has 3 N–H and O–H groups in total. The second kappa shape index (κ2) is 9.59. The van der Waals surface area contributed by atoms with Crippen LogP contribution in [0, 0.1) is 11.6 Å². The van der Waals surface area contributed by atoms with Gasteiger partial charge in [-0.2, -0.15) is 9.78 Å². The number of fused-ring (bicyclic) bond motifs is 1. The summed E-state index contributed by atoms with van der Waals surface area (Å²) in [7, 11) is 0. The third kappa shape index (κ3) is 4.77. The van der Waals surface area contributed by atoms with Crippen molar-refractivity contribution in [2.75, 3.05) is 5.32 Å². The van der Waals surface area contributed by atoms with Gasteiger partial charge in [0.2, 0.25) is 0 Å². The minimum absolute atomic E-state index is 0.0754. The van der Waals surface area contributed by atoms with Crippen LogP contribution in [0.2, 0.25) is 0 Å². The summed E-state index contributed by atoms with van der Waals surface area (Å²) >= 11 is 1.07. The molecule has 0 aliphatic heterocycles. The minimum atomic E-state index is -0.787. The molecule has 2 amide bonds. The smallest absolute Gasteiger partial charge is 0.284 e. The molecule has 0 saturated heterocycles. The molecule has 2 aromatic carbocycles. The van der Waals surface area contributed by atoms with E-state index in [1.54, 1.807) is 0 Å². The maximum absolute atomic E-state index is 14.9. The quantitative estimate of drug-likeness (QED) is 0.345. The van der Waals surface area contributed by atoms with Gasteiger partial charge in [-0.05, 0) is 48.5 Å². The molecule has 3 aromatic heterocycles. The molecule has 5 aromatic rings. The van der Waals surface area contributed by atoms with Gasteiger partial charge in [-0.3, -0.25) is 19.4 Å². The average Bonchev–Trinajstić information content (AvgIpc) is 3.32. The summed E-state index contributed by atoms with van der Waals surface area (Å²) in [5.74, 6) is -2.53. The molecule has 12 heteroatoms. The largest absolute Gasteiger partial charge is 0.453 e. The Labute approximate surface area is 210 Å². The van der Waals surface area contributed by atoms with Gasteiger partial charge in [0.05, 0.1) is 20.8 Å². The average molecular weight is 519 g/mol. The third-order valence-electron chi connectivity index (χ3n) is 5.19. The summed E-state index contributed by atoms with van der Waals surface area (Å²) in [5.41, 5.74) is 5.16. The first-order chi connectivity index (χ1) is 17.8. The lowest BCUT2D eigenvalue weighted by Gasteiger charge is -2.10. The Morgan fingerprint density at radius 1 is 0.973 bits per heavy atom. The predicted molar refractivity (Wildman–Crippen MR) is 132 cm³/mol. The summed E-state index contributed by atoms with van der Waals surface area (Å²) in [6.07, 6.45) is 2.70. The zero-order chi connectivity index (χ0) is 26.1. The fraction of sp³-hybridized carbons (Fsp3) is 0. The number of halogens is 2. The van der Waals surface area contributed by atoms with Crippen LogP contribution in [0.4, 0.5) is 14.5 Å². The van der Waals surface area contributed by atoms with Gasteiger partial charge in [0.15, 0.2) is 11.6 Å². The third-order valence-corrected chi connectivity index (χ3v) is 6.34. The van der Waals surface area contributed by atoms with Crippen molar-refractivity contribution in [2.45, 2.75) is 0 Å². The van der Waals surface area contributed by atoms with Crippen molar-refractivity contribution < 1.29 is 23.1 Å². The molecule has 37 heavy (non-hydrogen) atoms. The van der Waals surface area contributed by atoms with Crippen molar-refractivity contribution in [3.05, 3.63) is 105 Å². The van der Waals surface area contributed by atoms with Crippen molar-refractivity contribution in [3.8, 4) is 17.2 Å². The summed E-state index contributed by atoms with van der Waals surface area (Å²) in [6, 6.07) is 13.0. The first kappa shape index (κ1) is 23.8. The summed E-state index contributed by atoms with van der Waals surface area (Å²) in [5, 5.41) is 6.39. The molecule has 0 aliphatic carbocycles. The second-order valence-electron chi connectivity index (χ2n) is 7.64. The maximum Gasteiger partial charge on any atom is 0.284 e. The molecular weight excluding hydrogens is 504 g/mol. The number of anilines is 1. The Morgan fingerprint density at radius 2 is 1.76 bits per heavy atom. The number of benzene rings is 2. The number of nitrogens with two attached hydrogens (primary N) is 1. The fourth-order valence-corrected chi connectivity index (χ4v) is 4.36. The number of pyridine rings is 1. The van der Waals surface area contributed by atoms with Crippen LogP contribution >= 0.6 is 11.3 Å². The molecule has 9 nitrogen and oxygen atoms in total. The number of primary amides is 1. The van der Waals surface area contributed by atoms with Crippen molar-refractivity contribution in [1.82, 2.24) is 14.8 Å². The van der Waals surface area contributed by atoms with Gasteiger partial charge in [-0.25, -0.2) is 8.78 Å². The molecule has 5 rings (SSSR count). The molecule has 0 radical (unpaired) electrons. The van der Waals surface area contributed by atoms with Crippen molar-refractivity contribution >= 4 is 39.1 Å². The Morgan fingerprint density at radius 3 is 2.49 bits per heavy atom. The highest BCUT2D eigenvalue weighted by molar-refractivity contribution is 7.21. The van der Waals surface area contributed by atoms with E-state index >= 15 is 0 Å². The van der Waals surface area contributed by atoms with Crippen LogP contribution in [0.5, 0.6) is 11.5 Å². The minimum Gasteiger partial charge on any atom is -0.453 e. The first-order valence-corrected chi connectivity index (χ1v) is 11.4. The predicted octanol–water partition coefficient (Wildman–Crippen LogP) is 4.26. The molecule has 0 unspecified atom stereocenters. The number of hydrogen-bond donors (Lipinski definition) is 2. The Bertz CT molecular complexity index is 1730. The number of thiophene rings is 1. The van der Waals surface area contributed by atoms with E-state index in [-0.39, 0.29) is 33.3 Å². The Hall–Kier alpha value is -4.97. The molecule has 0 saturated carbocycles. The first-order valence-electron chi connectivity index (χ1n) is 10.6. The Balaban J connectivity index is 1.37. The number of hydrogen-bond acceptors (Lipinski definition) is 7. The highest BCUT2D eigenvalue weighted by atomic mass is 32.1. The van der Waals surface area contributed by atoms with Gasteiger partial charge in [0, 0.05) is 30.2 Å². The van der Waals surface area contributed by atoms with Crippen LogP contribution in [0.1, 0.15) is 20.0 Å². The molecule has 0 spiro atoms. The Kier molecular flexibility index (Phi) is 6.15. The zero-order valence-electron chi connectivity index (χ0n) is 18.6. The van der Waals surface area contributed by atoms with Crippen molar-refractivity contribution in [1.29, 1.82) is 0 Å². The molecular formula is C25H15F2N5O4S. The lowest BCUT2D eigenvalue weighted by Crippen LogP contribution is -2.29. The van der Waals surface area contributed by atoms with E-state index in [0.717, 1.165) is 34.2 Å². The number of carbonyl (C=O) groups excluding carboxylic acids is 2. The highest BCUT2D eigenvalue weighted by Crippen LogP contribution is 2.36. The summed E-state index contributed by atoms with van der Waals surface area (Å²) < 4.78 is 35.2. The van der Waals surface area contributed by atoms with Crippen LogP contribution in [0.3, 0.4) is 0 Å². The number of nitrogens with one attached hydrogen (secondary N) is 1. The SMILES string of the molecule is NC(=O)c1cc2nccc(Oc3ccc(NC(=O)c4ccnn(-c5ccc(F)cc5)c4=O)cc3F)c2s1. The van der Waals surface area contributed by atoms with Gasteiger partial charge in [0.1, 0.15) is 17.1 Å². The normalized spacial score (nSPS) is 10.9. The van der Waals surface area contributed by atoms with Crippen LogP contribution in [0.25, 0.3) is 15.9 Å². The molecule has 0 aliphatic rings. The summed E-state index contributed by atoms with van der Waals surface area (Å²) in [4.78, 5) is 41.5. The van der Waals surface area contributed by atoms with E-state index in [1.165, 1.54) is 54.9 Å². The number of aromatic nitrogens is 3. The van der Waals surface area contributed by atoms with E-state index in [9.17, 15) is 23.2 Å². The van der Waals surface area contributed by atoms with Crippen molar-refractivity contribution in [2.24, 2.45) is 5.73 Å². The lowest BCUT2D eigenvalue weighted by atomic mass is 10.2. The number of amides is 2. The van der Waals surface area contributed by atoms with Gasteiger partial charge in [-0.15, -0.1) is 11.3 Å². The zero-order valence-corrected chi connectivity index (χ0v) is 19.5. The number of nitrogens with zero attached hydrogens (tertiary/aromatic N) is 3. The highest BCUT2D eigenvalue weighted by Gasteiger charge is 2.17. The van der Waals surface area contributed by atoms with Gasteiger partial charge >= 0.3 is 0 Å². The van der Waals surface area contributed by atoms with Crippen LogP contribution in [0.15, 0.2) is 77.9 Å². The number of ether oxygens (including phenoxy) is 1. The van der Waals surface area contributed by atoms with Crippen LogP contribution in [-0.2, 0) is 0 Å². The lowest BCUT2D eigenvalue weighted by molar-refractivity contribution is 0.100. The van der Waals surface area contributed by atoms with Crippen LogP contribution < -0.4 is 21.3 Å². The molecule has 3 heterocycles. The van der Waals surface area contributed by atoms with Gasteiger partial charge in [-0.1, -0.05) is 0 Å². The molecule has 0 fully saturated rings. The standard InChI is InChI=1S/C25H15F2N5O4S/c26-13-1-4-15(5-2-13)32-25(35)16(7-10-30-32)24(34)31-14-3-6-19(17(27)11-14)36-20-8-9-29-18-12-21(23(28)33)37-22(18)20/h1-12H,(H2,28,33)(H,31,34). The molecule has 0 bridgehead atoms.